The van der Waals surface area contributed by atoms with Gasteiger partial charge in [-0.05, 0) is 100 Å². The van der Waals surface area contributed by atoms with Crippen molar-refractivity contribution in [1.29, 1.82) is 0 Å². The van der Waals surface area contributed by atoms with Crippen molar-refractivity contribution >= 4 is 38.5 Å². The molecule has 0 aliphatic carbocycles. The second kappa shape index (κ2) is 15.9. The molecule has 0 radical (unpaired) electrons. The number of nitrogens with two attached hydrogens (primary N) is 2. The van der Waals surface area contributed by atoms with Gasteiger partial charge in [0.1, 0.15) is 5.65 Å². The molecule has 0 bridgehead atoms. The molecule has 4 aromatic rings. The Balaban J connectivity index is 1.39. The van der Waals surface area contributed by atoms with E-state index in [1.165, 1.54) is 4.57 Å². The third kappa shape index (κ3) is 9.55. The number of piperidine rings is 1. The van der Waals surface area contributed by atoms with Crippen LogP contribution in [0.3, 0.4) is 0 Å². The van der Waals surface area contributed by atoms with Crippen molar-refractivity contribution in [3.8, 4) is 16.9 Å². The molecule has 14 heteroatoms. The van der Waals surface area contributed by atoms with E-state index in [4.69, 9.17) is 23.1 Å². The number of benzene rings is 2. The van der Waals surface area contributed by atoms with Crippen molar-refractivity contribution in [2.45, 2.75) is 76.9 Å². The van der Waals surface area contributed by atoms with Crippen LogP contribution < -0.4 is 21.9 Å². The summed E-state index contributed by atoms with van der Waals surface area (Å²) >= 11 is 6.28. The number of aliphatic imine (C=N–C) groups is 1. The van der Waals surface area contributed by atoms with Gasteiger partial charge in [0.25, 0.3) is 0 Å². The van der Waals surface area contributed by atoms with Crippen molar-refractivity contribution in [1.82, 2.24) is 24.2 Å². The largest absolute Gasteiger partial charge is 0.388 e. The molecule has 49 heavy (non-hydrogen) atoms. The molecule has 3 atom stereocenters. The molecule has 1 aliphatic rings. The van der Waals surface area contributed by atoms with E-state index < -0.39 is 21.5 Å². The highest BCUT2D eigenvalue weighted by Crippen LogP contribution is 2.36. The second-order valence-electron chi connectivity index (χ2n) is 13.1. The summed E-state index contributed by atoms with van der Waals surface area (Å²) in [5.41, 5.74) is 15.0. The summed E-state index contributed by atoms with van der Waals surface area (Å²) in [6, 6.07) is 13.4. The highest BCUT2D eigenvalue weighted by Gasteiger charge is 2.31. The van der Waals surface area contributed by atoms with Crippen LogP contribution in [0, 0.1) is 5.82 Å². The second-order valence-corrected chi connectivity index (χ2v) is 15.3. The van der Waals surface area contributed by atoms with Crippen LogP contribution in [0.2, 0.25) is 5.02 Å². The van der Waals surface area contributed by atoms with Crippen LogP contribution >= 0.6 is 11.6 Å². The van der Waals surface area contributed by atoms with E-state index in [0.29, 0.717) is 59.9 Å². The van der Waals surface area contributed by atoms with Gasteiger partial charge in [-0.1, -0.05) is 23.7 Å². The Kier molecular flexibility index (Phi) is 11.9. The molecular weight excluding hydrogens is 667 g/mol. The Morgan fingerprint density at radius 2 is 1.98 bits per heavy atom. The van der Waals surface area contributed by atoms with Crippen molar-refractivity contribution < 1.29 is 12.8 Å². The van der Waals surface area contributed by atoms with Gasteiger partial charge in [-0.2, -0.15) is 4.98 Å². The molecule has 1 aliphatic heterocycles. The van der Waals surface area contributed by atoms with Gasteiger partial charge in [0, 0.05) is 54.9 Å². The maximum atomic E-state index is 15.2. The average molecular weight is 713 g/mol. The quantitative estimate of drug-likeness (QED) is 0.105. The van der Waals surface area contributed by atoms with Crippen LogP contribution in [0.1, 0.15) is 69.5 Å². The lowest BCUT2D eigenvalue weighted by Gasteiger charge is -2.42. The van der Waals surface area contributed by atoms with E-state index in [-0.39, 0.29) is 23.1 Å². The Hall–Kier alpha value is -3.62. The van der Waals surface area contributed by atoms with Gasteiger partial charge in [-0.15, -0.1) is 0 Å². The Morgan fingerprint density at radius 3 is 2.67 bits per heavy atom. The molecule has 1 saturated heterocycles. The third-order valence-corrected chi connectivity index (χ3v) is 10.0. The maximum absolute atomic E-state index is 15.2. The predicted octanol–water partition coefficient (Wildman–Crippen LogP) is 5.06. The van der Waals surface area contributed by atoms with E-state index in [0.717, 1.165) is 55.9 Å². The number of aromatic nitrogens is 3. The summed E-state index contributed by atoms with van der Waals surface area (Å²) in [6.07, 6.45) is 9.03. The molecule has 0 saturated carbocycles. The molecule has 2 aromatic heterocycles. The number of rotatable bonds is 14. The average Bonchev–Trinajstić information content (AvgIpc) is 3.44. The van der Waals surface area contributed by atoms with Gasteiger partial charge in [-0.25, -0.2) is 22.3 Å². The van der Waals surface area contributed by atoms with Gasteiger partial charge in [0.05, 0.1) is 28.5 Å². The number of nitrogens with one attached hydrogen (secondary N) is 2. The summed E-state index contributed by atoms with van der Waals surface area (Å²) in [5, 5.41) is 0.680. The minimum absolute atomic E-state index is 0.0354. The van der Waals surface area contributed by atoms with Crippen LogP contribution in [0.5, 0.6) is 0 Å². The normalized spacial score (nSPS) is 18.3. The number of hydrogen-bond acceptors (Lipinski definition) is 7. The van der Waals surface area contributed by atoms with Gasteiger partial charge in [0.15, 0.2) is 5.82 Å². The van der Waals surface area contributed by atoms with Crippen LogP contribution in [0.25, 0.3) is 28.0 Å². The number of hydrogen-bond donors (Lipinski definition) is 4. The number of likely N-dealkylation sites (tertiary alicyclic amines) is 1. The smallest absolute Gasteiger partial charge is 0.354 e. The van der Waals surface area contributed by atoms with Gasteiger partial charge in [0.2, 0.25) is 10.0 Å². The summed E-state index contributed by atoms with van der Waals surface area (Å²) in [5.74, 6) is 0.00449. The van der Waals surface area contributed by atoms with Gasteiger partial charge >= 0.3 is 5.69 Å². The Bertz CT molecular complexity index is 1960. The number of sulfonamides is 1. The molecule has 0 unspecified atom stereocenters. The highest BCUT2D eigenvalue weighted by molar-refractivity contribution is 7.88. The lowest BCUT2D eigenvalue weighted by Crippen LogP contribution is -2.45. The van der Waals surface area contributed by atoms with E-state index in [9.17, 15) is 13.2 Å². The van der Waals surface area contributed by atoms with Gasteiger partial charge in [-0.3, -0.25) is 14.5 Å². The van der Waals surface area contributed by atoms with Crippen LogP contribution in [0.15, 0.2) is 58.4 Å². The number of fused-ring (bicyclic) bond motifs is 1. The monoisotopic (exact) mass is 712 g/mol. The van der Waals surface area contributed by atoms with Crippen LogP contribution in [-0.4, -0.2) is 71.7 Å². The summed E-state index contributed by atoms with van der Waals surface area (Å²) < 4.78 is 42.9. The molecule has 264 valence electrons. The third-order valence-electron chi connectivity index (χ3n) is 9.01. The lowest BCUT2D eigenvalue weighted by molar-refractivity contribution is 0.0808. The molecule has 11 nitrogen and oxygen atoms in total. The topological polar surface area (TPSA) is 164 Å². The van der Waals surface area contributed by atoms with E-state index in [1.807, 2.05) is 31.2 Å². The molecule has 5 rings (SSSR count). The first kappa shape index (κ1) is 36.7. The maximum Gasteiger partial charge on any atom is 0.354 e. The van der Waals surface area contributed by atoms with Crippen LogP contribution in [-0.2, 0) is 16.4 Å². The van der Waals surface area contributed by atoms with Crippen molar-refractivity contribution in [2.24, 2.45) is 16.5 Å². The van der Waals surface area contributed by atoms with Crippen molar-refractivity contribution in [2.75, 3.05) is 25.9 Å². The number of H-pyrrole nitrogens is 1. The molecule has 6 N–H and O–H groups in total. The minimum Gasteiger partial charge on any atom is -0.388 e. The van der Waals surface area contributed by atoms with E-state index >= 15 is 4.39 Å². The first-order valence-electron chi connectivity index (χ1n) is 16.7. The molecule has 0 amide bonds. The first-order valence-corrected chi connectivity index (χ1v) is 19.0. The highest BCUT2D eigenvalue weighted by atomic mass is 35.5. The fourth-order valence-corrected chi connectivity index (χ4v) is 7.39. The standard InChI is InChI=1S/C35H46ClFN8O3S/c1-22(38)6-4-7-24-18-29(33(37)30(36)19-24)31-20-26-21-45(35(46)43-34(26)42-31)28-12-10-25(11-13-28)32-9-5-8-27(14-15-40-23(2)39)44(32)17-16-41-49(3,47)48/h10-13,18-22,27,32,41H,4-9,14-17,38H2,1-3H3,(H2,39,40)(H,42,43,46)/t22-,27-,32-/m0/s1. The molecule has 2 aromatic carbocycles. The predicted molar refractivity (Wildman–Crippen MR) is 195 cm³/mol. The van der Waals surface area contributed by atoms with Gasteiger partial charge < -0.3 is 16.5 Å². The number of nitrogens with zero attached hydrogens (tertiary/aromatic N) is 4. The fraction of sp³-hybridized carbons (Fsp3) is 0.457. The number of halogens is 2. The number of aryl methyl sites for hydroxylation is 1. The zero-order valence-corrected chi connectivity index (χ0v) is 29.8. The van der Waals surface area contributed by atoms with Crippen molar-refractivity contribution in [3.05, 3.63) is 81.1 Å². The Labute approximate surface area is 292 Å². The van der Waals surface area contributed by atoms with E-state index in [1.54, 1.807) is 31.3 Å². The lowest BCUT2D eigenvalue weighted by atomic mass is 9.89. The number of amidine groups is 1. The Morgan fingerprint density at radius 1 is 1.22 bits per heavy atom. The van der Waals surface area contributed by atoms with Crippen LogP contribution in [0.4, 0.5) is 4.39 Å². The molecule has 0 spiro atoms. The molecular formula is C35H46ClFN8O3S. The molecule has 1 fully saturated rings. The summed E-state index contributed by atoms with van der Waals surface area (Å²) in [6.45, 7) is 5.18. The zero-order chi connectivity index (χ0) is 35.3. The zero-order valence-electron chi connectivity index (χ0n) is 28.3. The van der Waals surface area contributed by atoms with Crippen molar-refractivity contribution in [3.63, 3.8) is 0 Å². The molecule has 3 heterocycles. The SMILES string of the molecule is CC(N)=NCC[C@@H]1CCC[C@@H](c2ccc(-n3cc4cc(-c5cc(CCC[C@H](C)N)cc(Cl)c5F)[nH]c4nc3=O)cc2)N1CCNS(C)(=O)=O. The summed E-state index contributed by atoms with van der Waals surface area (Å²) in [4.78, 5) is 27.3. The minimum atomic E-state index is -3.32. The first-order chi connectivity index (χ1) is 23.3. The van der Waals surface area contributed by atoms with E-state index in [2.05, 4.69) is 24.6 Å². The number of aromatic amines is 1. The fourth-order valence-electron chi connectivity index (χ4n) is 6.68. The summed E-state index contributed by atoms with van der Waals surface area (Å²) in [7, 11) is -3.32.